The van der Waals surface area contributed by atoms with Crippen LogP contribution in [-0.4, -0.2) is 10.1 Å². The Bertz CT molecular complexity index is 420. The van der Waals surface area contributed by atoms with E-state index in [1.165, 1.54) is 6.26 Å². The van der Waals surface area contributed by atoms with Gasteiger partial charge in [-0.2, -0.15) is 4.98 Å². The number of rotatable bonds is 2. The van der Waals surface area contributed by atoms with Gasteiger partial charge in [0.1, 0.15) is 12.0 Å². The van der Waals surface area contributed by atoms with Gasteiger partial charge >= 0.3 is 0 Å². The van der Waals surface area contributed by atoms with E-state index in [0.717, 1.165) is 11.1 Å². The highest BCUT2D eigenvalue weighted by atomic mass is 16.4. The van der Waals surface area contributed by atoms with Crippen molar-refractivity contribution in [2.75, 3.05) is 5.73 Å². The fourth-order valence-electron chi connectivity index (χ4n) is 1.20. The van der Waals surface area contributed by atoms with Gasteiger partial charge in [0.15, 0.2) is 0 Å². The number of aromatic nitrogens is 1. The Kier molecular flexibility index (Phi) is 2.20. The first-order chi connectivity index (χ1) is 6.79. The van der Waals surface area contributed by atoms with Crippen molar-refractivity contribution in [3.63, 3.8) is 0 Å². The van der Waals surface area contributed by atoms with Crippen LogP contribution in [0.1, 0.15) is 5.56 Å². The number of nitrogens with two attached hydrogens (primary N) is 1. The van der Waals surface area contributed by atoms with Gasteiger partial charge in [-0.3, -0.25) is 0 Å². The second-order valence-electron chi connectivity index (χ2n) is 2.93. The molecule has 2 aromatic rings. The minimum atomic E-state index is 0.0429. The summed E-state index contributed by atoms with van der Waals surface area (Å²) in [5.41, 5.74) is 7.84. The van der Waals surface area contributed by atoms with E-state index in [9.17, 15) is 0 Å². The van der Waals surface area contributed by atoms with Gasteiger partial charge in [-0.1, -0.05) is 24.3 Å². The van der Waals surface area contributed by atoms with Gasteiger partial charge in [0.05, 0.1) is 6.61 Å². The summed E-state index contributed by atoms with van der Waals surface area (Å²) >= 11 is 0. The van der Waals surface area contributed by atoms with Gasteiger partial charge < -0.3 is 15.3 Å². The van der Waals surface area contributed by atoms with Crippen molar-refractivity contribution in [1.29, 1.82) is 0 Å². The molecule has 4 heteroatoms. The summed E-state index contributed by atoms with van der Waals surface area (Å²) in [5.74, 6) is 0. The molecule has 0 aliphatic heterocycles. The smallest absolute Gasteiger partial charge is 0.292 e. The van der Waals surface area contributed by atoms with Gasteiger partial charge in [-0.05, 0) is 5.56 Å². The minimum absolute atomic E-state index is 0.0429. The van der Waals surface area contributed by atoms with Crippen molar-refractivity contribution in [3.05, 3.63) is 36.1 Å². The monoisotopic (exact) mass is 190 g/mol. The van der Waals surface area contributed by atoms with Gasteiger partial charge in [0, 0.05) is 5.56 Å². The number of hydrogen-bond acceptors (Lipinski definition) is 4. The Labute approximate surface area is 81.0 Å². The predicted molar refractivity (Wildman–Crippen MR) is 52.3 cm³/mol. The summed E-state index contributed by atoms with van der Waals surface area (Å²) in [6.45, 7) is 0.0429. The van der Waals surface area contributed by atoms with Crippen LogP contribution < -0.4 is 5.73 Å². The average Bonchev–Trinajstić information content (AvgIpc) is 2.65. The van der Waals surface area contributed by atoms with E-state index in [1.807, 2.05) is 24.3 Å². The number of nitrogens with zero attached hydrogens (tertiary/aromatic N) is 1. The highest BCUT2D eigenvalue weighted by Gasteiger charge is 2.02. The van der Waals surface area contributed by atoms with Crippen LogP contribution in [0.25, 0.3) is 11.3 Å². The Balaban J connectivity index is 2.33. The molecular formula is C10H10N2O2. The van der Waals surface area contributed by atoms with Crippen LogP contribution in [0.4, 0.5) is 6.01 Å². The molecule has 1 aromatic heterocycles. The lowest BCUT2D eigenvalue weighted by atomic mass is 10.1. The maximum atomic E-state index is 8.85. The SMILES string of the molecule is Nc1nc(-c2ccc(CO)cc2)co1. The largest absolute Gasteiger partial charge is 0.432 e. The van der Waals surface area contributed by atoms with Crippen LogP contribution in [-0.2, 0) is 6.61 Å². The van der Waals surface area contributed by atoms with Crippen molar-refractivity contribution < 1.29 is 9.52 Å². The molecule has 0 aliphatic carbocycles. The number of anilines is 1. The Morgan fingerprint density at radius 3 is 2.50 bits per heavy atom. The standard InChI is InChI=1S/C10H10N2O2/c11-10-12-9(6-14-10)8-3-1-7(5-13)2-4-8/h1-4,6,13H,5H2,(H2,11,12). The highest BCUT2D eigenvalue weighted by molar-refractivity contribution is 5.59. The minimum Gasteiger partial charge on any atom is -0.432 e. The van der Waals surface area contributed by atoms with Crippen LogP contribution in [0, 0.1) is 0 Å². The lowest BCUT2D eigenvalue weighted by molar-refractivity contribution is 0.282. The van der Waals surface area contributed by atoms with Gasteiger partial charge in [0.2, 0.25) is 0 Å². The predicted octanol–water partition coefficient (Wildman–Crippen LogP) is 1.42. The van der Waals surface area contributed by atoms with Gasteiger partial charge in [-0.25, -0.2) is 0 Å². The zero-order valence-electron chi connectivity index (χ0n) is 7.47. The third-order valence-electron chi connectivity index (χ3n) is 1.95. The molecule has 0 spiro atoms. The molecule has 0 unspecified atom stereocenters. The summed E-state index contributed by atoms with van der Waals surface area (Å²) in [7, 11) is 0. The molecule has 2 rings (SSSR count). The molecule has 1 aromatic carbocycles. The number of oxazole rings is 1. The van der Waals surface area contributed by atoms with E-state index in [-0.39, 0.29) is 12.6 Å². The third kappa shape index (κ3) is 1.60. The maximum absolute atomic E-state index is 8.85. The molecule has 0 radical (unpaired) electrons. The second kappa shape index (κ2) is 3.51. The van der Waals surface area contributed by atoms with Gasteiger partial charge in [-0.15, -0.1) is 0 Å². The molecule has 0 amide bonds. The Morgan fingerprint density at radius 2 is 2.00 bits per heavy atom. The number of aliphatic hydroxyl groups is 1. The van der Waals surface area contributed by atoms with Crippen molar-refractivity contribution in [1.82, 2.24) is 4.98 Å². The van der Waals surface area contributed by atoms with Crippen LogP contribution in [0.3, 0.4) is 0 Å². The molecular weight excluding hydrogens is 180 g/mol. The zero-order chi connectivity index (χ0) is 9.97. The van der Waals surface area contributed by atoms with Crippen LogP contribution >= 0.6 is 0 Å². The van der Waals surface area contributed by atoms with E-state index in [4.69, 9.17) is 15.3 Å². The van der Waals surface area contributed by atoms with Crippen molar-refractivity contribution >= 4 is 6.01 Å². The summed E-state index contributed by atoms with van der Waals surface area (Å²) in [4.78, 5) is 3.99. The van der Waals surface area contributed by atoms with E-state index >= 15 is 0 Å². The van der Waals surface area contributed by atoms with Crippen LogP contribution in [0.15, 0.2) is 34.9 Å². The Morgan fingerprint density at radius 1 is 1.29 bits per heavy atom. The molecule has 0 aliphatic rings. The fourth-order valence-corrected chi connectivity index (χ4v) is 1.20. The molecule has 0 bridgehead atoms. The van der Waals surface area contributed by atoms with E-state index in [0.29, 0.717) is 5.69 Å². The van der Waals surface area contributed by atoms with E-state index in [1.54, 1.807) is 0 Å². The van der Waals surface area contributed by atoms with E-state index in [2.05, 4.69) is 4.98 Å². The quantitative estimate of drug-likeness (QED) is 0.751. The number of hydrogen-bond donors (Lipinski definition) is 2. The van der Waals surface area contributed by atoms with Crippen molar-refractivity contribution in [3.8, 4) is 11.3 Å². The molecule has 0 atom stereocenters. The summed E-state index contributed by atoms with van der Waals surface area (Å²) < 4.78 is 4.89. The number of aliphatic hydroxyl groups excluding tert-OH is 1. The zero-order valence-corrected chi connectivity index (χ0v) is 7.47. The molecule has 4 nitrogen and oxygen atoms in total. The third-order valence-corrected chi connectivity index (χ3v) is 1.95. The summed E-state index contributed by atoms with van der Waals surface area (Å²) in [5, 5.41) is 8.85. The average molecular weight is 190 g/mol. The van der Waals surface area contributed by atoms with Crippen LogP contribution in [0.2, 0.25) is 0 Å². The number of benzene rings is 1. The molecule has 0 saturated heterocycles. The molecule has 3 N–H and O–H groups in total. The molecule has 14 heavy (non-hydrogen) atoms. The first kappa shape index (κ1) is 8.77. The highest BCUT2D eigenvalue weighted by Crippen LogP contribution is 2.19. The first-order valence-corrected chi connectivity index (χ1v) is 4.21. The van der Waals surface area contributed by atoms with Crippen molar-refractivity contribution in [2.45, 2.75) is 6.61 Å². The normalized spacial score (nSPS) is 10.4. The summed E-state index contributed by atoms with van der Waals surface area (Å²) in [6, 6.07) is 7.55. The maximum Gasteiger partial charge on any atom is 0.292 e. The molecule has 0 saturated carbocycles. The van der Waals surface area contributed by atoms with Crippen LogP contribution in [0.5, 0.6) is 0 Å². The lowest BCUT2D eigenvalue weighted by Crippen LogP contribution is -1.85. The lowest BCUT2D eigenvalue weighted by Gasteiger charge is -1.97. The second-order valence-corrected chi connectivity index (χ2v) is 2.93. The fraction of sp³-hybridized carbons (Fsp3) is 0.100. The Hall–Kier alpha value is -1.81. The van der Waals surface area contributed by atoms with E-state index < -0.39 is 0 Å². The van der Waals surface area contributed by atoms with Crippen molar-refractivity contribution in [2.24, 2.45) is 0 Å². The summed E-state index contributed by atoms with van der Waals surface area (Å²) in [6.07, 6.45) is 1.50. The molecule has 1 heterocycles. The molecule has 72 valence electrons. The van der Waals surface area contributed by atoms with Gasteiger partial charge in [0.25, 0.3) is 6.01 Å². The first-order valence-electron chi connectivity index (χ1n) is 4.21. The topological polar surface area (TPSA) is 72.3 Å². The number of nitrogen functional groups attached to an aromatic ring is 1. The molecule has 0 fully saturated rings.